The SMILES string of the molecule is O=C(CN1CCC(O)CC1)N1CCc2sccc2C1. The van der Waals surface area contributed by atoms with Gasteiger partial charge in [0, 0.05) is 31.1 Å². The van der Waals surface area contributed by atoms with Crippen LogP contribution in [0.25, 0.3) is 0 Å². The molecule has 1 amide bonds. The third-order valence-corrected chi connectivity index (χ3v) is 5.10. The number of carbonyl (C=O) groups excluding carboxylic acids is 1. The summed E-state index contributed by atoms with van der Waals surface area (Å²) in [5, 5.41) is 11.6. The predicted octanol–water partition coefficient (Wildman–Crippen LogP) is 1.09. The summed E-state index contributed by atoms with van der Waals surface area (Å²) in [6.45, 7) is 3.80. The Morgan fingerprint density at radius 2 is 2.16 bits per heavy atom. The highest BCUT2D eigenvalue weighted by atomic mass is 32.1. The molecular weight excluding hydrogens is 260 g/mol. The molecule has 2 aliphatic rings. The van der Waals surface area contributed by atoms with E-state index in [1.807, 2.05) is 4.90 Å². The fraction of sp³-hybridized carbons (Fsp3) is 0.643. The molecule has 0 spiro atoms. The molecule has 2 aliphatic heterocycles. The molecule has 0 unspecified atom stereocenters. The third-order valence-electron chi connectivity index (χ3n) is 4.08. The Balaban J connectivity index is 1.54. The molecule has 1 aromatic heterocycles. The van der Waals surface area contributed by atoms with Crippen LogP contribution in [-0.2, 0) is 17.8 Å². The van der Waals surface area contributed by atoms with Crippen LogP contribution in [0, 0.1) is 0 Å². The lowest BCUT2D eigenvalue weighted by molar-refractivity contribution is -0.133. The summed E-state index contributed by atoms with van der Waals surface area (Å²) in [6.07, 6.45) is 2.41. The normalized spacial score (nSPS) is 21.4. The number of nitrogens with zero attached hydrogens (tertiary/aromatic N) is 2. The van der Waals surface area contributed by atoms with Crippen molar-refractivity contribution >= 4 is 17.2 Å². The van der Waals surface area contributed by atoms with Crippen LogP contribution in [0.15, 0.2) is 11.4 Å². The van der Waals surface area contributed by atoms with Gasteiger partial charge < -0.3 is 10.0 Å². The zero-order chi connectivity index (χ0) is 13.2. The standard InChI is InChI=1S/C14H20N2O2S/c17-12-1-5-15(6-2-12)10-14(18)16-7-3-13-11(9-16)4-8-19-13/h4,8,12,17H,1-3,5-7,9-10H2. The van der Waals surface area contributed by atoms with E-state index in [2.05, 4.69) is 16.3 Å². The van der Waals surface area contributed by atoms with Crippen molar-refractivity contribution in [1.29, 1.82) is 0 Å². The van der Waals surface area contributed by atoms with Gasteiger partial charge in [-0.2, -0.15) is 0 Å². The minimum Gasteiger partial charge on any atom is -0.393 e. The van der Waals surface area contributed by atoms with Gasteiger partial charge in [0.25, 0.3) is 0 Å². The van der Waals surface area contributed by atoms with E-state index in [-0.39, 0.29) is 12.0 Å². The number of aliphatic hydroxyl groups excluding tert-OH is 1. The highest BCUT2D eigenvalue weighted by Gasteiger charge is 2.24. The van der Waals surface area contributed by atoms with Crippen molar-refractivity contribution in [3.05, 3.63) is 21.9 Å². The number of rotatable bonds is 2. The summed E-state index contributed by atoms with van der Waals surface area (Å²) in [5.74, 6) is 0.230. The first-order chi connectivity index (χ1) is 9.22. The van der Waals surface area contributed by atoms with Gasteiger partial charge in [0.2, 0.25) is 5.91 Å². The molecule has 0 radical (unpaired) electrons. The first-order valence-corrected chi connectivity index (χ1v) is 7.84. The molecule has 0 bridgehead atoms. The van der Waals surface area contributed by atoms with Gasteiger partial charge in [-0.3, -0.25) is 9.69 Å². The molecule has 104 valence electrons. The van der Waals surface area contributed by atoms with Gasteiger partial charge >= 0.3 is 0 Å². The third kappa shape index (κ3) is 2.99. The largest absolute Gasteiger partial charge is 0.393 e. The minimum atomic E-state index is -0.172. The molecule has 19 heavy (non-hydrogen) atoms. The number of hydrogen-bond acceptors (Lipinski definition) is 4. The van der Waals surface area contributed by atoms with E-state index in [1.165, 1.54) is 10.4 Å². The fourth-order valence-electron chi connectivity index (χ4n) is 2.83. The second-order valence-electron chi connectivity index (χ2n) is 5.44. The number of carbonyl (C=O) groups is 1. The number of likely N-dealkylation sites (tertiary alicyclic amines) is 1. The first-order valence-electron chi connectivity index (χ1n) is 6.96. The summed E-state index contributed by atoms with van der Waals surface area (Å²) in [7, 11) is 0. The van der Waals surface area contributed by atoms with Gasteiger partial charge in [0.1, 0.15) is 0 Å². The van der Waals surface area contributed by atoms with E-state index in [0.717, 1.165) is 45.4 Å². The molecule has 3 heterocycles. The Morgan fingerprint density at radius 3 is 2.95 bits per heavy atom. The van der Waals surface area contributed by atoms with E-state index < -0.39 is 0 Å². The molecule has 1 fully saturated rings. The summed E-state index contributed by atoms with van der Waals surface area (Å²) in [6, 6.07) is 2.14. The van der Waals surface area contributed by atoms with Crippen molar-refractivity contribution in [1.82, 2.24) is 9.80 Å². The van der Waals surface area contributed by atoms with Crippen LogP contribution < -0.4 is 0 Å². The number of amides is 1. The van der Waals surface area contributed by atoms with Crippen molar-refractivity contribution < 1.29 is 9.90 Å². The van der Waals surface area contributed by atoms with Crippen molar-refractivity contribution in [3.8, 4) is 0 Å². The quantitative estimate of drug-likeness (QED) is 0.882. The zero-order valence-electron chi connectivity index (χ0n) is 11.0. The highest BCUT2D eigenvalue weighted by molar-refractivity contribution is 7.10. The number of aliphatic hydroxyl groups is 1. The zero-order valence-corrected chi connectivity index (χ0v) is 11.9. The summed E-state index contributed by atoms with van der Waals surface area (Å²) in [4.78, 5) is 17.9. The van der Waals surface area contributed by atoms with Crippen LogP contribution >= 0.6 is 11.3 Å². The molecule has 1 aromatic rings. The lowest BCUT2D eigenvalue weighted by Crippen LogP contribution is -2.45. The Morgan fingerprint density at radius 1 is 1.37 bits per heavy atom. The Labute approximate surface area is 117 Å². The molecular formula is C14H20N2O2S. The molecule has 0 aromatic carbocycles. The average molecular weight is 280 g/mol. The highest BCUT2D eigenvalue weighted by Crippen LogP contribution is 2.24. The van der Waals surface area contributed by atoms with Crippen LogP contribution in [0.1, 0.15) is 23.3 Å². The molecule has 0 aliphatic carbocycles. The smallest absolute Gasteiger partial charge is 0.237 e. The lowest BCUT2D eigenvalue weighted by atomic mass is 10.1. The molecule has 4 nitrogen and oxygen atoms in total. The van der Waals surface area contributed by atoms with E-state index in [0.29, 0.717) is 6.54 Å². The second kappa shape index (κ2) is 5.61. The number of piperidine rings is 1. The predicted molar refractivity (Wildman–Crippen MR) is 75.1 cm³/mol. The molecule has 1 saturated heterocycles. The first kappa shape index (κ1) is 13.1. The van der Waals surface area contributed by atoms with Gasteiger partial charge in [0.15, 0.2) is 0 Å². The lowest BCUT2D eigenvalue weighted by Gasteiger charge is -2.32. The molecule has 1 N–H and O–H groups in total. The number of hydrogen-bond donors (Lipinski definition) is 1. The van der Waals surface area contributed by atoms with Crippen LogP contribution in [0.3, 0.4) is 0 Å². The van der Waals surface area contributed by atoms with Crippen LogP contribution in [0.5, 0.6) is 0 Å². The maximum atomic E-state index is 12.3. The van der Waals surface area contributed by atoms with E-state index in [9.17, 15) is 9.90 Å². The van der Waals surface area contributed by atoms with Crippen LogP contribution in [0.4, 0.5) is 0 Å². The van der Waals surface area contributed by atoms with Crippen LogP contribution in [-0.4, -0.2) is 53.1 Å². The van der Waals surface area contributed by atoms with Crippen molar-refractivity contribution in [2.45, 2.75) is 31.9 Å². The molecule has 3 rings (SSSR count). The molecule has 0 atom stereocenters. The summed E-state index contributed by atoms with van der Waals surface area (Å²) >= 11 is 1.80. The Kier molecular flexibility index (Phi) is 3.86. The van der Waals surface area contributed by atoms with E-state index in [1.54, 1.807) is 11.3 Å². The Bertz CT molecular complexity index is 452. The van der Waals surface area contributed by atoms with Crippen molar-refractivity contribution in [2.24, 2.45) is 0 Å². The second-order valence-corrected chi connectivity index (χ2v) is 6.44. The van der Waals surface area contributed by atoms with E-state index in [4.69, 9.17) is 0 Å². The fourth-order valence-corrected chi connectivity index (χ4v) is 3.72. The van der Waals surface area contributed by atoms with E-state index >= 15 is 0 Å². The topological polar surface area (TPSA) is 43.8 Å². The van der Waals surface area contributed by atoms with Gasteiger partial charge in [-0.05, 0) is 36.3 Å². The number of fused-ring (bicyclic) bond motifs is 1. The minimum absolute atomic E-state index is 0.172. The van der Waals surface area contributed by atoms with Gasteiger partial charge in [-0.15, -0.1) is 11.3 Å². The van der Waals surface area contributed by atoms with Crippen LogP contribution in [0.2, 0.25) is 0 Å². The maximum absolute atomic E-state index is 12.3. The van der Waals surface area contributed by atoms with Crippen molar-refractivity contribution in [3.63, 3.8) is 0 Å². The number of thiophene rings is 1. The average Bonchev–Trinajstić information content (AvgIpc) is 2.88. The van der Waals surface area contributed by atoms with Gasteiger partial charge in [-0.1, -0.05) is 0 Å². The monoisotopic (exact) mass is 280 g/mol. The Hall–Kier alpha value is -0.910. The van der Waals surface area contributed by atoms with Gasteiger partial charge in [0.05, 0.1) is 12.6 Å². The summed E-state index contributed by atoms with van der Waals surface area (Å²) in [5.41, 5.74) is 1.32. The summed E-state index contributed by atoms with van der Waals surface area (Å²) < 4.78 is 0. The molecule has 0 saturated carbocycles. The maximum Gasteiger partial charge on any atom is 0.237 e. The van der Waals surface area contributed by atoms with Gasteiger partial charge in [-0.25, -0.2) is 0 Å². The molecule has 5 heteroatoms. The van der Waals surface area contributed by atoms with Crippen molar-refractivity contribution in [2.75, 3.05) is 26.2 Å².